The molecule has 0 aromatic carbocycles. The van der Waals surface area contributed by atoms with Gasteiger partial charge in [0, 0.05) is 0 Å². The Morgan fingerprint density at radius 3 is 2.14 bits per heavy atom. The van der Waals surface area contributed by atoms with Crippen LogP contribution in [0.3, 0.4) is 0 Å². The number of piperidine rings is 1. The molecule has 0 bridgehead atoms. The van der Waals surface area contributed by atoms with Crippen molar-refractivity contribution < 1.29 is 4.39 Å². The molecule has 1 radical (unpaired) electrons. The van der Waals surface area contributed by atoms with Gasteiger partial charge in [0.1, 0.15) is 6.17 Å². The van der Waals surface area contributed by atoms with Gasteiger partial charge in [0.15, 0.2) is 0 Å². The predicted octanol–water partition coefficient (Wildman–Crippen LogP) is 0.871. The van der Waals surface area contributed by atoms with E-state index in [0.717, 1.165) is 13.1 Å². The van der Waals surface area contributed by atoms with Crippen LogP contribution in [-0.4, -0.2) is 13.1 Å². The maximum Gasteiger partial charge on any atom is 0.147 e. The quantitative estimate of drug-likeness (QED) is 0.478. The molecule has 1 fully saturated rings. The van der Waals surface area contributed by atoms with Gasteiger partial charge in [-0.05, 0) is 25.9 Å². The van der Waals surface area contributed by atoms with Crippen molar-refractivity contribution in [1.82, 2.24) is 5.32 Å². The largest absolute Gasteiger partial charge is 0.316 e. The Kier molecular flexibility index (Phi) is 1.63. The van der Waals surface area contributed by atoms with Crippen LogP contribution in [0.25, 0.3) is 0 Å². The van der Waals surface area contributed by atoms with Crippen molar-refractivity contribution in [3.8, 4) is 0 Å². The van der Waals surface area contributed by atoms with Crippen LogP contribution in [0.5, 0.6) is 0 Å². The standard InChI is InChI=1S/C5H9FN/c6-5-1-3-7-4-2-5/h7H,1-4H2. The first-order valence-electron chi connectivity index (χ1n) is 2.60. The second-order valence-corrected chi connectivity index (χ2v) is 1.77. The Hall–Kier alpha value is -0.110. The minimum atomic E-state index is 0.152. The predicted molar refractivity (Wildman–Crippen MR) is 26.5 cm³/mol. The number of rotatable bonds is 0. The molecule has 0 aliphatic carbocycles. The highest BCUT2D eigenvalue weighted by molar-refractivity contribution is 4.81. The zero-order chi connectivity index (χ0) is 5.11. The number of nitrogens with one attached hydrogen (secondary N) is 1. The molecule has 1 N–H and O–H groups in total. The topological polar surface area (TPSA) is 12.0 Å². The average molecular weight is 102 g/mol. The zero-order valence-electron chi connectivity index (χ0n) is 4.21. The Morgan fingerprint density at radius 1 is 1.29 bits per heavy atom. The first-order valence-corrected chi connectivity index (χ1v) is 2.60. The molecule has 1 heterocycles. The first-order chi connectivity index (χ1) is 3.39. The Morgan fingerprint density at radius 2 is 1.86 bits per heavy atom. The monoisotopic (exact) mass is 102 g/mol. The highest BCUT2D eigenvalue weighted by Gasteiger charge is 2.10. The van der Waals surface area contributed by atoms with Gasteiger partial charge in [-0.25, -0.2) is 4.39 Å². The van der Waals surface area contributed by atoms with E-state index in [-0.39, 0.29) is 6.17 Å². The summed E-state index contributed by atoms with van der Waals surface area (Å²) >= 11 is 0. The molecule has 41 valence electrons. The molecule has 0 unspecified atom stereocenters. The normalized spacial score (nSPS) is 25.3. The minimum absolute atomic E-state index is 0.152. The van der Waals surface area contributed by atoms with Gasteiger partial charge in [0.25, 0.3) is 0 Å². The lowest BCUT2D eigenvalue weighted by atomic mass is 10.1. The van der Waals surface area contributed by atoms with E-state index in [9.17, 15) is 4.39 Å². The van der Waals surface area contributed by atoms with Crippen LogP contribution in [0.4, 0.5) is 4.39 Å². The summed E-state index contributed by atoms with van der Waals surface area (Å²) in [6.45, 7) is 1.65. The van der Waals surface area contributed by atoms with E-state index >= 15 is 0 Å². The second-order valence-electron chi connectivity index (χ2n) is 1.77. The fourth-order valence-electron chi connectivity index (χ4n) is 0.698. The summed E-state index contributed by atoms with van der Waals surface area (Å²) < 4.78 is 12.1. The second kappa shape index (κ2) is 2.26. The fourth-order valence-corrected chi connectivity index (χ4v) is 0.698. The molecule has 0 aromatic heterocycles. The molecule has 1 aliphatic heterocycles. The molecule has 1 nitrogen and oxygen atoms in total. The van der Waals surface area contributed by atoms with Crippen molar-refractivity contribution in [2.45, 2.75) is 12.8 Å². The lowest BCUT2D eigenvalue weighted by Gasteiger charge is -2.13. The molecular formula is C5H9FN. The van der Waals surface area contributed by atoms with Gasteiger partial charge in [-0.3, -0.25) is 0 Å². The van der Waals surface area contributed by atoms with E-state index in [1.165, 1.54) is 0 Å². The summed E-state index contributed by atoms with van der Waals surface area (Å²) in [4.78, 5) is 0. The molecule has 0 aromatic rings. The molecule has 1 aliphatic rings. The molecule has 1 rings (SSSR count). The van der Waals surface area contributed by atoms with E-state index < -0.39 is 0 Å². The van der Waals surface area contributed by atoms with E-state index in [1.54, 1.807) is 0 Å². The lowest BCUT2D eigenvalue weighted by molar-refractivity contribution is 0.378. The van der Waals surface area contributed by atoms with Crippen LogP contribution >= 0.6 is 0 Å². The summed E-state index contributed by atoms with van der Waals surface area (Å²) in [7, 11) is 0. The SMILES string of the molecule is F[C]1CCNCC1. The Labute approximate surface area is 42.9 Å². The number of hydrogen-bond acceptors (Lipinski definition) is 1. The lowest BCUT2D eigenvalue weighted by Crippen LogP contribution is -2.24. The summed E-state index contributed by atoms with van der Waals surface area (Å²) in [6.07, 6.45) is 1.40. The molecule has 0 spiro atoms. The average Bonchev–Trinajstić information content (AvgIpc) is 1.69. The van der Waals surface area contributed by atoms with Gasteiger partial charge in [0.05, 0.1) is 0 Å². The molecule has 0 amide bonds. The van der Waals surface area contributed by atoms with E-state index in [4.69, 9.17) is 0 Å². The van der Waals surface area contributed by atoms with Crippen molar-refractivity contribution in [3.05, 3.63) is 6.17 Å². The molecule has 1 saturated heterocycles. The van der Waals surface area contributed by atoms with Crippen LogP contribution in [0.15, 0.2) is 0 Å². The summed E-state index contributed by atoms with van der Waals surface area (Å²) in [5.74, 6) is 0. The van der Waals surface area contributed by atoms with Crippen LogP contribution in [0.2, 0.25) is 0 Å². The highest BCUT2D eigenvalue weighted by atomic mass is 19.1. The van der Waals surface area contributed by atoms with Gasteiger partial charge >= 0.3 is 0 Å². The molecular weight excluding hydrogens is 93.1 g/mol. The maximum absolute atomic E-state index is 12.1. The minimum Gasteiger partial charge on any atom is -0.316 e. The van der Waals surface area contributed by atoms with Gasteiger partial charge in [-0.1, -0.05) is 0 Å². The summed E-state index contributed by atoms with van der Waals surface area (Å²) in [5, 5.41) is 3.05. The summed E-state index contributed by atoms with van der Waals surface area (Å²) in [5.41, 5.74) is 0. The Balaban J connectivity index is 2.12. The van der Waals surface area contributed by atoms with Crippen molar-refractivity contribution in [3.63, 3.8) is 0 Å². The van der Waals surface area contributed by atoms with Gasteiger partial charge in [-0.15, -0.1) is 0 Å². The first kappa shape index (κ1) is 5.04. The third-order valence-corrected chi connectivity index (χ3v) is 1.15. The molecule has 2 heteroatoms. The Bertz CT molecular complexity index is 50.0. The highest BCUT2D eigenvalue weighted by Crippen LogP contribution is 2.13. The van der Waals surface area contributed by atoms with Gasteiger partial charge in [0.2, 0.25) is 0 Å². The van der Waals surface area contributed by atoms with E-state index in [0.29, 0.717) is 12.8 Å². The molecule has 0 atom stereocenters. The van der Waals surface area contributed by atoms with E-state index in [1.807, 2.05) is 0 Å². The summed E-state index contributed by atoms with van der Waals surface area (Å²) in [6, 6.07) is 0. The maximum atomic E-state index is 12.1. The van der Waals surface area contributed by atoms with Gasteiger partial charge < -0.3 is 5.32 Å². The molecule has 7 heavy (non-hydrogen) atoms. The number of halogens is 1. The van der Waals surface area contributed by atoms with Gasteiger partial charge in [-0.2, -0.15) is 0 Å². The van der Waals surface area contributed by atoms with Crippen molar-refractivity contribution in [1.29, 1.82) is 0 Å². The zero-order valence-corrected chi connectivity index (χ0v) is 4.21. The molecule has 0 saturated carbocycles. The van der Waals surface area contributed by atoms with Crippen LogP contribution < -0.4 is 5.32 Å². The van der Waals surface area contributed by atoms with Crippen molar-refractivity contribution in [2.24, 2.45) is 0 Å². The third kappa shape index (κ3) is 1.43. The smallest absolute Gasteiger partial charge is 0.147 e. The van der Waals surface area contributed by atoms with Crippen LogP contribution in [-0.2, 0) is 0 Å². The number of hydrogen-bond donors (Lipinski definition) is 1. The fraction of sp³-hybridized carbons (Fsp3) is 0.800. The van der Waals surface area contributed by atoms with Crippen molar-refractivity contribution >= 4 is 0 Å². The van der Waals surface area contributed by atoms with Crippen molar-refractivity contribution in [2.75, 3.05) is 13.1 Å². The van der Waals surface area contributed by atoms with Crippen LogP contribution in [0, 0.1) is 6.17 Å². The van der Waals surface area contributed by atoms with E-state index in [2.05, 4.69) is 5.32 Å². The third-order valence-electron chi connectivity index (χ3n) is 1.15. The van der Waals surface area contributed by atoms with Crippen LogP contribution in [0.1, 0.15) is 12.8 Å².